The molecule has 0 spiro atoms. The zero-order valence-electron chi connectivity index (χ0n) is 21.6. The number of alkyl halides is 6. The molecule has 1 aliphatic heterocycles. The molecule has 3 aromatic rings. The monoisotopic (exact) mass is 630 g/mol. The Labute approximate surface area is 237 Å². The van der Waals surface area contributed by atoms with E-state index in [-0.39, 0.29) is 49.0 Å². The Balaban J connectivity index is 1.75. The van der Waals surface area contributed by atoms with E-state index in [0.29, 0.717) is 30.2 Å². The van der Waals surface area contributed by atoms with Gasteiger partial charge in [0.1, 0.15) is 0 Å². The molecule has 3 atom stereocenters. The molecule has 0 saturated carbocycles. The van der Waals surface area contributed by atoms with E-state index >= 15 is 0 Å². The Morgan fingerprint density at radius 1 is 0.900 bits per heavy atom. The van der Waals surface area contributed by atoms with Crippen LogP contribution < -0.4 is 4.90 Å². The number of anilines is 1. The van der Waals surface area contributed by atoms with Crippen molar-refractivity contribution >= 4 is 21.9 Å². The zero-order chi connectivity index (χ0) is 29.1. The summed E-state index contributed by atoms with van der Waals surface area (Å²) in [5, 5.41) is 10.2. The van der Waals surface area contributed by atoms with E-state index in [1.165, 1.54) is 12.4 Å². The van der Waals surface area contributed by atoms with E-state index in [4.69, 9.17) is 0 Å². The fourth-order valence-electron chi connectivity index (χ4n) is 5.39. The van der Waals surface area contributed by atoms with E-state index < -0.39 is 23.5 Å². The van der Waals surface area contributed by atoms with Crippen molar-refractivity contribution in [1.29, 1.82) is 0 Å². The lowest BCUT2D eigenvalue weighted by Gasteiger charge is -2.47. The molecular weight excluding hydrogens is 602 g/mol. The fraction of sp³-hybridized carbons (Fsp3) is 0.429. The van der Waals surface area contributed by atoms with Crippen molar-refractivity contribution in [3.05, 3.63) is 87.7 Å². The summed E-state index contributed by atoms with van der Waals surface area (Å²) in [5.74, 6) is 0.199. The summed E-state index contributed by atoms with van der Waals surface area (Å²) >= 11 is 3.28. The number of halogens is 7. The van der Waals surface area contributed by atoms with Crippen LogP contribution in [0.15, 0.2) is 65.4 Å². The first-order chi connectivity index (χ1) is 18.9. The molecule has 1 N–H and O–H groups in total. The van der Waals surface area contributed by atoms with Crippen molar-refractivity contribution in [1.82, 2.24) is 14.9 Å². The normalized spacial score (nSPS) is 20.5. The molecule has 1 fully saturated rings. The maximum atomic E-state index is 13.6. The zero-order valence-corrected chi connectivity index (χ0v) is 23.2. The van der Waals surface area contributed by atoms with Gasteiger partial charge in [-0.05, 0) is 70.9 Å². The number of benzene rings is 2. The number of hydrogen-bond donors (Lipinski definition) is 1. The number of aromatic nitrogens is 2. The molecule has 2 aromatic carbocycles. The number of rotatable bonds is 8. The first kappa shape index (κ1) is 30.3. The SMILES string of the molecule is CC[C@@H]1C[C@H](N(Cc2cc(C(F)(F)F)cc(C(F)(F)F)c2)c2ncc(Br)cn2)C[C@H](Cc2ccccc2)N1CO. The predicted molar refractivity (Wildman–Crippen MR) is 142 cm³/mol. The van der Waals surface area contributed by atoms with Crippen molar-refractivity contribution < 1.29 is 31.4 Å². The third-order valence-electron chi connectivity index (χ3n) is 7.28. The Morgan fingerprint density at radius 2 is 1.48 bits per heavy atom. The van der Waals surface area contributed by atoms with Crippen LogP contribution in [0.4, 0.5) is 32.3 Å². The third-order valence-corrected chi connectivity index (χ3v) is 7.69. The standard InChI is InChI=1S/C28H29BrF6N4O/c1-2-23-12-25(13-24(39(23)17-40)10-18-6-4-3-5-7-18)38(26-36-14-22(29)15-37-26)16-19-8-20(27(30,31)32)11-21(9-19)28(33,34)35/h3-9,11,14-15,23-25,40H,2,10,12-13,16-17H2,1H3/t23-,24+,25+/m1/s1. The average Bonchev–Trinajstić information content (AvgIpc) is 2.91. The van der Waals surface area contributed by atoms with E-state index in [0.717, 1.165) is 17.7 Å². The van der Waals surface area contributed by atoms with Gasteiger partial charge >= 0.3 is 12.4 Å². The molecular formula is C28H29BrF6N4O. The lowest BCUT2D eigenvalue weighted by atomic mass is 9.86. The van der Waals surface area contributed by atoms with Gasteiger partial charge < -0.3 is 10.0 Å². The highest BCUT2D eigenvalue weighted by atomic mass is 79.9. The third kappa shape index (κ3) is 7.32. The highest BCUT2D eigenvalue weighted by Crippen LogP contribution is 2.38. The smallest absolute Gasteiger partial charge is 0.381 e. The molecule has 1 aromatic heterocycles. The molecule has 12 heteroatoms. The second kappa shape index (κ2) is 12.4. The number of likely N-dealkylation sites (tertiary alicyclic amines) is 1. The first-order valence-electron chi connectivity index (χ1n) is 12.8. The lowest BCUT2D eigenvalue weighted by molar-refractivity contribution is -0.143. The Bertz CT molecular complexity index is 1220. The van der Waals surface area contributed by atoms with Crippen molar-refractivity contribution in [3.63, 3.8) is 0 Å². The number of piperidine rings is 1. The molecule has 1 aliphatic rings. The molecule has 0 amide bonds. The van der Waals surface area contributed by atoms with Gasteiger partial charge in [0.05, 0.1) is 22.3 Å². The van der Waals surface area contributed by atoms with Crippen molar-refractivity contribution in [2.45, 2.75) is 69.6 Å². The summed E-state index contributed by atoms with van der Waals surface area (Å²) in [7, 11) is 0. The van der Waals surface area contributed by atoms with Gasteiger partial charge in [-0.1, -0.05) is 37.3 Å². The minimum absolute atomic E-state index is 0.0670. The summed E-state index contributed by atoms with van der Waals surface area (Å²) in [6.07, 6.45) is -4.59. The summed E-state index contributed by atoms with van der Waals surface area (Å²) in [4.78, 5) is 12.4. The number of nitrogens with zero attached hydrogens (tertiary/aromatic N) is 4. The second-order valence-corrected chi connectivity index (χ2v) is 10.8. The van der Waals surface area contributed by atoms with Gasteiger partial charge in [-0.3, -0.25) is 4.90 Å². The van der Waals surface area contributed by atoms with Crippen LogP contribution in [0.25, 0.3) is 0 Å². The number of aliphatic hydroxyl groups excluding tert-OH is 1. The van der Waals surface area contributed by atoms with E-state index in [1.54, 1.807) is 4.90 Å². The molecule has 216 valence electrons. The van der Waals surface area contributed by atoms with E-state index in [2.05, 4.69) is 25.9 Å². The van der Waals surface area contributed by atoms with Gasteiger partial charge in [0.25, 0.3) is 0 Å². The van der Waals surface area contributed by atoms with Crippen LogP contribution in [0.5, 0.6) is 0 Å². The van der Waals surface area contributed by atoms with Crippen molar-refractivity contribution in [2.24, 2.45) is 0 Å². The molecule has 5 nitrogen and oxygen atoms in total. The summed E-state index contributed by atoms with van der Waals surface area (Å²) in [5.41, 5.74) is -1.82. The highest BCUT2D eigenvalue weighted by molar-refractivity contribution is 9.10. The van der Waals surface area contributed by atoms with Crippen LogP contribution in [0.1, 0.15) is 48.4 Å². The summed E-state index contributed by atoms with van der Waals surface area (Å²) < 4.78 is 82.1. The highest BCUT2D eigenvalue weighted by Gasteiger charge is 2.40. The van der Waals surface area contributed by atoms with Crippen molar-refractivity contribution in [3.8, 4) is 0 Å². The average molecular weight is 631 g/mol. The topological polar surface area (TPSA) is 52.5 Å². The maximum absolute atomic E-state index is 13.6. The van der Waals surface area contributed by atoms with Gasteiger partial charge in [-0.15, -0.1) is 0 Å². The summed E-state index contributed by atoms with van der Waals surface area (Å²) in [6, 6.07) is 10.8. The van der Waals surface area contributed by atoms with E-state index in [1.807, 2.05) is 42.2 Å². The van der Waals surface area contributed by atoms with Crippen LogP contribution in [-0.4, -0.2) is 44.8 Å². The first-order valence-corrected chi connectivity index (χ1v) is 13.6. The van der Waals surface area contributed by atoms with Crippen LogP contribution in [0.2, 0.25) is 0 Å². The van der Waals surface area contributed by atoms with Gasteiger partial charge in [0.15, 0.2) is 0 Å². The fourth-order valence-corrected chi connectivity index (χ4v) is 5.60. The summed E-state index contributed by atoms with van der Waals surface area (Å²) in [6.45, 7) is 1.56. The maximum Gasteiger partial charge on any atom is 0.416 e. The molecule has 4 rings (SSSR count). The molecule has 0 unspecified atom stereocenters. The van der Waals surface area contributed by atoms with Crippen LogP contribution in [0, 0.1) is 0 Å². The minimum atomic E-state index is -4.95. The molecule has 1 saturated heterocycles. The second-order valence-electron chi connectivity index (χ2n) is 9.93. The molecule has 40 heavy (non-hydrogen) atoms. The van der Waals surface area contributed by atoms with Crippen LogP contribution in [0.3, 0.4) is 0 Å². The quantitative estimate of drug-likeness (QED) is 0.269. The molecule has 2 heterocycles. The molecule has 0 aliphatic carbocycles. The van der Waals surface area contributed by atoms with Gasteiger partial charge in [-0.25, -0.2) is 9.97 Å². The lowest BCUT2D eigenvalue weighted by Crippen LogP contribution is -2.56. The van der Waals surface area contributed by atoms with Crippen LogP contribution >= 0.6 is 15.9 Å². The Hall–Kier alpha value is -2.70. The Morgan fingerprint density at radius 3 is 2.00 bits per heavy atom. The largest absolute Gasteiger partial charge is 0.416 e. The van der Waals surface area contributed by atoms with Crippen LogP contribution in [-0.2, 0) is 25.3 Å². The molecule has 0 bridgehead atoms. The van der Waals surface area contributed by atoms with Gasteiger partial charge in [0.2, 0.25) is 5.95 Å². The van der Waals surface area contributed by atoms with E-state index in [9.17, 15) is 31.4 Å². The van der Waals surface area contributed by atoms with Gasteiger partial charge in [-0.2, -0.15) is 26.3 Å². The number of hydrogen-bond acceptors (Lipinski definition) is 5. The number of aliphatic hydroxyl groups is 1. The minimum Gasteiger partial charge on any atom is -0.381 e. The molecule has 0 radical (unpaired) electrons. The predicted octanol–water partition coefficient (Wildman–Crippen LogP) is 7.09. The van der Waals surface area contributed by atoms with Gasteiger partial charge in [0, 0.05) is 37.1 Å². The Kier molecular flexibility index (Phi) is 9.41. The van der Waals surface area contributed by atoms with Crippen molar-refractivity contribution in [2.75, 3.05) is 11.6 Å².